The predicted molar refractivity (Wildman–Crippen MR) is 66.3 cm³/mol. The van der Waals surface area contributed by atoms with Gasteiger partial charge in [0.2, 0.25) is 0 Å². The molecule has 0 atom stereocenters. The number of ether oxygens (including phenoxy) is 1. The Hall–Kier alpha value is -1.33. The van der Waals surface area contributed by atoms with Crippen molar-refractivity contribution >= 4 is 30.4 Å². The van der Waals surface area contributed by atoms with E-state index in [-0.39, 0.29) is 27.5 Å². The van der Waals surface area contributed by atoms with E-state index in [1.807, 2.05) is 0 Å². The van der Waals surface area contributed by atoms with Crippen molar-refractivity contribution in [2.75, 3.05) is 6.61 Å². The van der Waals surface area contributed by atoms with Gasteiger partial charge in [0.05, 0.1) is 17.7 Å². The molecule has 0 saturated heterocycles. The van der Waals surface area contributed by atoms with E-state index in [0.717, 1.165) is 12.1 Å². The van der Waals surface area contributed by atoms with Gasteiger partial charge in [0.1, 0.15) is 6.07 Å². The summed E-state index contributed by atoms with van der Waals surface area (Å²) in [6.45, 7) is 1.72. The molecular formula is C11H8F3NO2S2. The second kappa shape index (κ2) is 6.21. The average molecular weight is 307 g/mol. The molecule has 1 aromatic rings. The van der Waals surface area contributed by atoms with Gasteiger partial charge < -0.3 is 4.74 Å². The van der Waals surface area contributed by atoms with Gasteiger partial charge in [-0.1, -0.05) is 0 Å². The second-order valence-corrected chi connectivity index (χ2v) is 4.81. The smallest absolute Gasteiger partial charge is 0.446 e. The zero-order valence-corrected chi connectivity index (χ0v) is 11.3. The van der Waals surface area contributed by atoms with Crippen molar-refractivity contribution in [2.45, 2.75) is 22.2 Å². The molecular weight excluding hydrogens is 299 g/mol. The first kappa shape index (κ1) is 15.7. The van der Waals surface area contributed by atoms with Crippen LogP contribution >= 0.6 is 24.4 Å². The molecule has 8 heteroatoms. The van der Waals surface area contributed by atoms with Gasteiger partial charge in [-0.2, -0.15) is 18.4 Å². The van der Waals surface area contributed by atoms with Crippen LogP contribution in [-0.4, -0.2) is 18.1 Å². The molecule has 0 radical (unpaired) electrons. The quantitative estimate of drug-likeness (QED) is 0.526. The molecule has 102 valence electrons. The molecule has 0 N–H and O–H groups in total. The third kappa shape index (κ3) is 4.36. The minimum Gasteiger partial charge on any atom is -0.462 e. The molecule has 3 nitrogen and oxygen atoms in total. The third-order valence-electron chi connectivity index (χ3n) is 1.92. The second-order valence-electron chi connectivity index (χ2n) is 3.25. The van der Waals surface area contributed by atoms with E-state index in [1.54, 1.807) is 13.0 Å². The van der Waals surface area contributed by atoms with Gasteiger partial charge in [-0.05, 0) is 30.8 Å². The summed E-state index contributed by atoms with van der Waals surface area (Å²) in [4.78, 5) is 11.0. The molecule has 0 unspecified atom stereocenters. The van der Waals surface area contributed by atoms with Crippen LogP contribution in [0.5, 0.6) is 0 Å². The van der Waals surface area contributed by atoms with Gasteiger partial charge >= 0.3 is 11.5 Å². The number of hydrogen-bond acceptors (Lipinski definition) is 5. The maximum absolute atomic E-state index is 12.3. The molecule has 0 heterocycles. The number of carbonyl (C=O) groups is 1. The van der Waals surface area contributed by atoms with Gasteiger partial charge in [-0.15, -0.1) is 12.6 Å². The van der Waals surface area contributed by atoms with Crippen LogP contribution in [0.1, 0.15) is 22.8 Å². The highest BCUT2D eigenvalue weighted by atomic mass is 32.2. The lowest BCUT2D eigenvalue weighted by atomic mass is 10.1. The summed E-state index contributed by atoms with van der Waals surface area (Å²) in [5.41, 5.74) is -4.80. The van der Waals surface area contributed by atoms with Crippen molar-refractivity contribution in [3.8, 4) is 6.07 Å². The Balaban J connectivity index is 3.23. The van der Waals surface area contributed by atoms with Crippen LogP contribution in [0, 0.1) is 11.3 Å². The molecule has 0 amide bonds. The summed E-state index contributed by atoms with van der Waals surface area (Å²) in [5, 5.41) is 8.86. The highest BCUT2D eigenvalue weighted by molar-refractivity contribution is 8.00. The Bertz CT molecular complexity index is 538. The zero-order chi connectivity index (χ0) is 14.6. The Morgan fingerprint density at radius 2 is 2.16 bits per heavy atom. The van der Waals surface area contributed by atoms with Crippen LogP contribution in [0.2, 0.25) is 0 Å². The van der Waals surface area contributed by atoms with E-state index in [4.69, 9.17) is 10.00 Å². The Kier molecular flexibility index (Phi) is 5.14. The summed E-state index contributed by atoms with van der Waals surface area (Å²) < 4.78 is 41.7. The molecule has 0 aliphatic heterocycles. The number of halogens is 3. The minimum absolute atomic E-state index is 0.00470. The fourth-order valence-corrected chi connectivity index (χ4v) is 2.26. The Labute approximate surface area is 117 Å². The molecule has 1 aromatic carbocycles. The summed E-state index contributed by atoms with van der Waals surface area (Å²) in [5.74, 6) is -0.710. The predicted octanol–water partition coefficient (Wildman–Crippen LogP) is 3.64. The molecule has 0 aliphatic rings. The lowest BCUT2D eigenvalue weighted by Gasteiger charge is -2.11. The van der Waals surface area contributed by atoms with Crippen LogP contribution in [-0.2, 0) is 4.74 Å². The van der Waals surface area contributed by atoms with Gasteiger partial charge in [-0.25, -0.2) is 4.79 Å². The van der Waals surface area contributed by atoms with Crippen molar-refractivity contribution in [1.82, 2.24) is 0 Å². The number of nitriles is 1. The lowest BCUT2D eigenvalue weighted by molar-refractivity contribution is -0.0329. The number of carbonyl (C=O) groups excluding carboxylic acids is 1. The fourth-order valence-electron chi connectivity index (χ4n) is 1.25. The summed E-state index contributed by atoms with van der Waals surface area (Å²) in [6, 6.07) is 3.83. The number of rotatable bonds is 3. The fraction of sp³-hybridized carbons (Fsp3) is 0.273. The molecule has 0 saturated carbocycles. The topological polar surface area (TPSA) is 50.1 Å². The molecule has 1 rings (SSSR count). The summed E-state index contributed by atoms with van der Waals surface area (Å²) >= 11 is 3.45. The van der Waals surface area contributed by atoms with E-state index < -0.39 is 23.2 Å². The standard InChI is InChI=1S/C11H8F3NO2S2/c1-2-17-10(16)6-3-7(5-15)9(8(18)4-6)19-11(12,13)14/h3-4,18H,2H2,1H3. The summed E-state index contributed by atoms with van der Waals surface area (Å²) in [6.07, 6.45) is 0. The normalized spacial score (nSPS) is 10.9. The van der Waals surface area contributed by atoms with Gasteiger partial charge in [0, 0.05) is 9.79 Å². The van der Waals surface area contributed by atoms with Crippen molar-refractivity contribution in [1.29, 1.82) is 5.26 Å². The van der Waals surface area contributed by atoms with Gasteiger partial charge in [-0.3, -0.25) is 0 Å². The maximum Gasteiger partial charge on any atom is 0.446 e. The first-order chi connectivity index (χ1) is 8.78. The van der Waals surface area contributed by atoms with Crippen molar-refractivity contribution in [3.05, 3.63) is 23.3 Å². The third-order valence-corrected chi connectivity index (χ3v) is 3.30. The first-order valence-electron chi connectivity index (χ1n) is 4.98. The average Bonchev–Trinajstić information content (AvgIpc) is 2.30. The van der Waals surface area contributed by atoms with Crippen molar-refractivity contribution in [3.63, 3.8) is 0 Å². The molecule has 0 fully saturated rings. The maximum atomic E-state index is 12.3. The SMILES string of the molecule is CCOC(=O)c1cc(S)c(SC(F)(F)F)c(C#N)c1. The van der Waals surface area contributed by atoms with E-state index in [0.29, 0.717) is 0 Å². The van der Waals surface area contributed by atoms with E-state index in [2.05, 4.69) is 12.6 Å². The number of benzene rings is 1. The molecule has 0 aliphatic carbocycles. The zero-order valence-electron chi connectivity index (χ0n) is 9.61. The largest absolute Gasteiger partial charge is 0.462 e. The lowest BCUT2D eigenvalue weighted by Crippen LogP contribution is -2.07. The van der Waals surface area contributed by atoms with Crippen LogP contribution in [0.3, 0.4) is 0 Å². The van der Waals surface area contributed by atoms with E-state index in [1.165, 1.54) is 0 Å². The first-order valence-corrected chi connectivity index (χ1v) is 6.24. The van der Waals surface area contributed by atoms with E-state index >= 15 is 0 Å². The minimum atomic E-state index is -4.53. The Morgan fingerprint density at radius 1 is 1.53 bits per heavy atom. The molecule has 0 bridgehead atoms. The number of thioether (sulfide) groups is 1. The van der Waals surface area contributed by atoms with Crippen LogP contribution in [0.25, 0.3) is 0 Å². The number of alkyl halides is 3. The van der Waals surface area contributed by atoms with Crippen LogP contribution in [0.4, 0.5) is 13.2 Å². The number of hydrogen-bond donors (Lipinski definition) is 1. The Morgan fingerprint density at radius 3 is 2.63 bits per heavy atom. The number of esters is 1. The number of nitrogens with zero attached hydrogens (tertiary/aromatic N) is 1. The molecule has 0 spiro atoms. The molecule has 0 aromatic heterocycles. The number of thiol groups is 1. The van der Waals surface area contributed by atoms with Crippen LogP contribution < -0.4 is 0 Å². The summed E-state index contributed by atoms with van der Waals surface area (Å²) in [7, 11) is 0. The van der Waals surface area contributed by atoms with Crippen molar-refractivity contribution < 1.29 is 22.7 Å². The van der Waals surface area contributed by atoms with E-state index in [9.17, 15) is 18.0 Å². The van der Waals surface area contributed by atoms with Gasteiger partial charge in [0.25, 0.3) is 0 Å². The van der Waals surface area contributed by atoms with Crippen molar-refractivity contribution in [2.24, 2.45) is 0 Å². The molecule has 19 heavy (non-hydrogen) atoms. The highest BCUT2D eigenvalue weighted by Crippen LogP contribution is 2.41. The monoisotopic (exact) mass is 307 g/mol. The van der Waals surface area contributed by atoms with Gasteiger partial charge in [0.15, 0.2) is 0 Å². The van der Waals surface area contributed by atoms with Crippen LogP contribution in [0.15, 0.2) is 21.9 Å². The highest BCUT2D eigenvalue weighted by Gasteiger charge is 2.32.